The highest BCUT2D eigenvalue weighted by molar-refractivity contribution is 6.17. The maximum absolute atomic E-state index is 5.32. The Morgan fingerprint density at radius 1 is 0.205 bits per heavy atom. The summed E-state index contributed by atoms with van der Waals surface area (Å²) in [5.41, 5.74) is 20.8. The smallest absolute Gasteiger partial charge is 0.137 e. The van der Waals surface area contributed by atoms with Gasteiger partial charge in [-0.25, -0.2) is 4.98 Å². The Kier molecular flexibility index (Phi) is 9.70. The Hall–Kier alpha value is -11.2. The Morgan fingerprint density at radius 3 is 1.13 bits per heavy atom. The second kappa shape index (κ2) is 17.6. The molecule has 6 heterocycles. The maximum Gasteiger partial charge on any atom is 0.137 e. The highest BCUT2D eigenvalue weighted by Crippen LogP contribution is 2.43. The molecular weight excluding hydrogens is 1010 g/mol. The fourth-order valence-electron chi connectivity index (χ4n) is 14.0. The van der Waals surface area contributed by atoms with Crippen molar-refractivity contribution < 1.29 is 0 Å². The van der Waals surface area contributed by atoms with E-state index in [4.69, 9.17) is 4.98 Å². The van der Waals surface area contributed by atoms with Crippen molar-refractivity contribution in [2.45, 2.75) is 0 Å². The van der Waals surface area contributed by atoms with E-state index in [1.165, 1.54) is 104 Å². The minimum absolute atomic E-state index is 0.865. The summed E-state index contributed by atoms with van der Waals surface area (Å²) in [6.07, 6.45) is 2.04. The molecule has 0 aliphatic rings. The van der Waals surface area contributed by atoms with Crippen LogP contribution >= 0.6 is 0 Å². The normalized spacial score (nSPS) is 12.1. The SMILES string of the molecule is c1ccc(-n2c3ccccc3c3cc(-c4ccc5c(c4)c4ccccc4n5-c4cccc(-c5cccc6c5c5ccccc5n6-c5ccc(-n6c7ccccc7c7cc(-n8c9ccccc9c9ccccc98)ccc76)cn5)c4)ccc32)cc1. The molecule has 0 bridgehead atoms. The van der Waals surface area contributed by atoms with E-state index in [0.717, 1.165) is 56.2 Å². The van der Waals surface area contributed by atoms with Crippen LogP contribution in [-0.4, -0.2) is 27.8 Å². The van der Waals surface area contributed by atoms with Gasteiger partial charge in [0, 0.05) is 70.9 Å². The number of aromatic nitrogens is 6. The highest BCUT2D eigenvalue weighted by Gasteiger charge is 2.22. The molecule has 0 aliphatic heterocycles. The fourth-order valence-corrected chi connectivity index (χ4v) is 14.0. The van der Waals surface area contributed by atoms with Crippen LogP contribution in [0.4, 0.5) is 0 Å². The third kappa shape index (κ3) is 6.69. The first-order chi connectivity index (χ1) is 41.2. The van der Waals surface area contributed by atoms with Gasteiger partial charge in [-0.2, -0.15) is 0 Å². The zero-order chi connectivity index (χ0) is 54.3. The molecule has 0 atom stereocenters. The summed E-state index contributed by atoms with van der Waals surface area (Å²) >= 11 is 0. The molecule has 0 unspecified atom stereocenters. The average molecular weight is 1060 g/mol. The first-order valence-corrected chi connectivity index (χ1v) is 28.4. The van der Waals surface area contributed by atoms with Gasteiger partial charge in [0.2, 0.25) is 0 Å². The lowest BCUT2D eigenvalue weighted by molar-refractivity contribution is 1.05. The topological polar surface area (TPSA) is 37.5 Å². The van der Waals surface area contributed by atoms with E-state index in [1.54, 1.807) is 0 Å². The van der Waals surface area contributed by atoms with Crippen molar-refractivity contribution in [3.05, 3.63) is 291 Å². The zero-order valence-corrected chi connectivity index (χ0v) is 44.9. The summed E-state index contributed by atoms with van der Waals surface area (Å²) in [5.74, 6) is 0.865. The molecule has 6 heteroatoms. The van der Waals surface area contributed by atoms with E-state index in [-0.39, 0.29) is 0 Å². The molecule has 386 valence electrons. The number of benzene rings is 12. The van der Waals surface area contributed by atoms with E-state index >= 15 is 0 Å². The largest absolute Gasteiger partial charge is 0.309 e. The van der Waals surface area contributed by atoms with Gasteiger partial charge in [-0.15, -0.1) is 0 Å². The second-order valence-corrected chi connectivity index (χ2v) is 21.9. The van der Waals surface area contributed by atoms with Crippen LogP contribution in [0, 0.1) is 0 Å². The van der Waals surface area contributed by atoms with Gasteiger partial charge in [-0.1, -0.05) is 164 Å². The molecule has 18 rings (SSSR count). The lowest BCUT2D eigenvalue weighted by Gasteiger charge is -2.13. The van der Waals surface area contributed by atoms with Crippen molar-refractivity contribution in [1.82, 2.24) is 27.8 Å². The molecule has 0 amide bonds. The average Bonchev–Trinajstić information content (AvgIpc) is 4.11. The van der Waals surface area contributed by atoms with Gasteiger partial charge in [0.05, 0.1) is 67.1 Å². The predicted octanol–water partition coefficient (Wildman–Crippen LogP) is 19.9. The molecular formula is C77H48N6. The molecule has 0 radical (unpaired) electrons. The molecule has 83 heavy (non-hydrogen) atoms. The summed E-state index contributed by atoms with van der Waals surface area (Å²) in [6, 6.07) is 104. The van der Waals surface area contributed by atoms with Gasteiger partial charge in [0.25, 0.3) is 0 Å². The van der Waals surface area contributed by atoms with Crippen LogP contribution in [-0.2, 0) is 0 Å². The van der Waals surface area contributed by atoms with Crippen LogP contribution in [0.3, 0.4) is 0 Å². The molecule has 0 spiro atoms. The highest BCUT2D eigenvalue weighted by atomic mass is 15.1. The lowest BCUT2D eigenvalue weighted by atomic mass is 9.99. The Labute approximate surface area is 476 Å². The molecule has 18 aromatic rings. The summed E-state index contributed by atoms with van der Waals surface area (Å²) in [5, 5.41) is 12.2. The van der Waals surface area contributed by atoms with Gasteiger partial charge in [0.1, 0.15) is 5.82 Å². The first kappa shape index (κ1) is 45.6. The van der Waals surface area contributed by atoms with Crippen LogP contribution in [0.15, 0.2) is 291 Å². The van der Waals surface area contributed by atoms with Crippen molar-refractivity contribution in [3.8, 4) is 50.8 Å². The van der Waals surface area contributed by atoms with Gasteiger partial charge < -0.3 is 18.3 Å². The lowest BCUT2D eigenvalue weighted by Crippen LogP contribution is -2.00. The van der Waals surface area contributed by atoms with Crippen molar-refractivity contribution in [2.24, 2.45) is 0 Å². The van der Waals surface area contributed by atoms with Gasteiger partial charge >= 0.3 is 0 Å². The van der Waals surface area contributed by atoms with Crippen LogP contribution in [0.1, 0.15) is 0 Å². The van der Waals surface area contributed by atoms with Crippen LogP contribution in [0.2, 0.25) is 0 Å². The number of nitrogens with zero attached hydrogens (tertiary/aromatic N) is 6. The Bertz CT molecular complexity index is 5630. The standard InChI is InChI=1S/C77H48N6/c1-2-19-52(20-3-1)79-68-31-12-6-24-59(68)63-45-49(36-40-72(63)79)50-37-41-73-64(46-50)60-25-7-13-32-69(60)80(73)53-21-16-18-51(44-53)56-28-17-35-75-77(56)62-27-9-15-34-71(62)83(75)76-43-39-55(48-78-76)82-70-33-14-8-26-61(70)65-47-54(38-42-74(65)82)81-66-29-10-4-22-57(66)58-23-5-11-30-67(58)81/h1-48H. The van der Waals surface area contributed by atoms with E-state index in [2.05, 4.69) is 308 Å². The monoisotopic (exact) mass is 1060 g/mol. The Balaban J connectivity index is 0.728. The Morgan fingerprint density at radius 2 is 0.590 bits per heavy atom. The number of pyridine rings is 1. The van der Waals surface area contributed by atoms with Crippen LogP contribution < -0.4 is 0 Å². The van der Waals surface area contributed by atoms with E-state index < -0.39 is 0 Å². The first-order valence-electron chi connectivity index (χ1n) is 28.4. The molecule has 12 aromatic carbocycles. The van der Waals surface area contributed by atoms with Crippen molar-refractivity contribution in [2.75, 3.05) is 0 Å². The van der Waals surface area contributed by atoms with Crippen LogP contribution in [0.5, 0.6) is 0 Å². The summed E-state index contributed by atoms with van der Waals surface area (Å²) in [6.45, 7) is 0. The summed E-state index contributed by atoms with van der Waals surface area (Å²) < 4.78 is 11.9. The molecule has 0 fully saturated rings. The minimum atomic E-state index is 0.865. The van der Waals surface area contributed by atoms with Crippen LogP contribution in [0.25, 0.3) is 160 Å². The van der Waals surface area contributed by atoms with Crippen molar-refractivity contribution >= 4 is 109 Å². The van der Waals surface area contributed by atoms with E-state index in [0.29, 0.717) is 0 Å². The third-order valence-corrected chi connectivity index (χ3v) is 17.5. The number of para-hydroxylation sites is 7. The molecule has 0 saturated carbocycles. The molecule has 0 saturated heterocycles. The van der Waals surface area contributed by atoms with E-state index in [1.807, 2.05) is 6.20 Å². The van der Waals surface area contributed by atoms with Crippen molar-refractivity contribution in [1.29, 1.82) is 0 Å². The summed E-state index contributed by atoms with van der Waals surface area (Å²) in [4.78, 5) is 5.32. The zero-order valence-electron chi connectivity index (χ0n) is 44.9. The number of fused-ring (bicyclic) bond motifs is 15. The molecule has 6 aromatic heterocycles. The maximum atomic E-state index is 5.32. The molecule has 0 aliphatic carbocycles. The quantitative estimate of drug-likeness (QED) is 0.157. The second-order valence-electron chi connectivity index (χ2n) is 21.9. The van der Waals surface area contributed by atoms with Gasteiger partial charge in [0.15, 0.2) is 0 Å². The van der Waals surface area contributed by atoms with Gasteiger partial charge in [-0.3, -0.25) is 4.57 Å². The van der Waals surface area contributed by atoms with Gasteiger partial charge in [-0.05, 0) is 144 Å². The van der Waals surface area contributed by atoms with E-state index in [9.17, 15) is 0 Å². The molecule has 6 nitrogen and oxygen atoms in total. The van der Waals surface area contributed by atoms with Crippen molar-refractivity contribution in [3.63, 3.8) is 0 Å². The minimum Gasteiger partial charge on any atom is -0.309 e. The number of hydrogen-bond acceptors (Lipinski definition) is 1. The summed E-state index contributed by atoms with van der Waals surface area (Å²) in [7, 11) is 0. The molecule has 0 N–H and O–H groups in total. The number of rotatable bonds is 7. The predicted molar refractivity (Wildman–Crippen MR) is 347 cm³/mol. The fraction of sp³-hybridized carbons (Fsp3) is 0. The third-order valence-electron chi connectivity index (χ3n) is 17.5. The number of hydrogen-bond donors (Lipinski definition) is 0.